The van der Waals surface area contributed by atoms with E-state index >= 15 is 0 Å². The predicted molar refractivity (Wildman–Crippen MR) is 56.7 cm³/mol. The van der Waals surface area contributed by atoms with Gasteiger partial charge in [0.15, 0.2) is 0 Å². The number of halogens is 1. The molecule has 0 aromatic heterocycles. The van der Waals surface area contributed by atoms with Crippen LogP contribution in [-0.4, -0.2) is 16.3 Å². The van der Waals surface area contributed by atoms with Crippen molar-refractivity contribution in [3.63, 3.8) is 0 Å². The van der Waals surface area contributed by atoms with E-state index in [1.807, 2.05) is 0 Å². The number of aliphatic hydroxyl groups excluding tert-OH is 2. The van der Waals surface area contributed by atoms with Crippen molar-refractivity contribution in [3.8, 4) is 6.07 Å². The van der Waals surface area contributed by atoms with Crippen LogP contribution in [-0.2, 0) is 0 Å². The second-order valence-electron chi connectivity index (χ2n) is 3.60. The van der Waals surface area contributed by atoms with Crippen LogP contribution in [0.3, 0.4) is 0 Å². The van der Waals surface area contributed by atoms with E-state index < -0.39 is 18.0 Å². The summed E-state index contributed by atoms with van der Waals surface area (Å²) in [5.41, 5.74) is 6.33. The molecule has 86 valence electrons. The number of aliphatic hydroxyl groups is 2. The monoisotopic (exact) mass is 224 g/mol. The average Bonchev–Trinajstić information content (AvgIpc) is 2.23. The topological polar surface area (TPSA) is 90.3 Å². The highest BCUT2D eigenvalue weighted by Crippen LogP contribution is 2.25. The van der Waals surface area contributed by atoms with Gasteiger partial charge in [-0.3, -0.25) is 0 Å². The lowest BCUT2D eigenvalue weighted by molar-refractivity contribution is 0.0195. The van der Waals surface area contributed by atoms with Crippen LogP contribution in [0.25, 0.3) is 0 Å². The van der Waals surface area contributed by atoms with Gasteiger partial charge in [0.2, 0.25) is 0 Å². The molecule has 2 unspecified atom stereocenters. The second kappa shape index (κ2) is 4.92. The molecule has 0 spiro atoms. The maximum Gasteiger partial charge on any atom is 0.131 e. The molecule has 2 atom stereocenters. The number of rotatable bonds is 3. The molecule has 0 aliphatic carbocycles. The predicted octanol–water partition coefficient (Wildman–Crippen LogP) is 1.02. The number of anilines is 1. The van der Waals surface area contributed by atoms with E-state index in [1.165, 1.54) is 6.07 Å². The van der Waals surface area contributed by atoms with Crippen molar-refractivity contribution in [3.05, 3.63) is 29.1 Å². The molecule has 0 aliphatic rings. The Morgan fingerprint density at radius 3 is 2.69 bits per heavy atom. The van der Waals surface area contributed by atoms with Crippen LogP contribution in [0.4, 0.5) is 10.1 Å². The summed E-state index contributed by atoms with van der Waals surface area (Å²) in [6.07, 6.45) is -2.98. The molecule has 0 amide bonds. The van der Waals surface area contributed by atoms with E-state index in [1.54, 1.807) is 13.0 Å². The van der Waals surface area contributed by atoms with Gasteiger partial charge in [-0.1, -0.05) is 0 Å². The number of nitrogens with two attached hydrogens (primary N) is 1. The van der Waals surface area contributed by atoms with Gasteiger partial charge in [-0.25, -0.2) is 4.39 Å². The van der Waals surface area contributed by atoms with Gasteiger partial charge in [0.1, 0.15) is 11.9 Å². The number of aryl methyl sites for hydroxylation is 1. The Morgan fingerprint density at radius 2 is 2.12 bits per heavy atom. The standard InChI is InChI=1S/C11H13FN2O2/c1-6-4-7(8(12)5-9(6)14)11(16)10(15)2-3-13/h4-5,10-11,15-16H,2,14H2,1H3. The van der Waals surface area contributed by atoms with Crippen molar-refractivity contribution in [2.24, 2.45) is 0 Å². The van der Waals surface area contributed by atoms with E-state index in [-0.39, 0.29) is 17.7 Å². The minimum absolute atomic E-state index is 0.0468. The summed E-state index contributed by atoms with van der Waals surface area (Å²) < 4.78 is 13.4. The molecule has 1 aromatic rings. The van der Waals surface area contributed by atoms with Gasteiger partial charge in [-0.15, -0.1) is 0 Å². The lowest BCUT2D eigenvalue weighted by Gasteiger charge is -2.17. The molecule has 1 aromatic carbocycles. The van der Waals surface area contributed by atoms with Crippen LogP contribution in [0.2, 0.25) is 0 Å². The number of nitrogen functional groups attached to an aromatic ring is 1. The molecule has 1 rings (SSSR count). The van der Waals surface area contributed by atoms with Gasteiger partial charge in [0.05, 0.1) is 18.6 Å². The first-order valence-electron chi connectivity index (χ1n) is 4.76. The summed E-state index contributed by atoms with van der Waals surface area (Å²) in [6, 6.07) is 4.17. The molecule has 0 radical (unpaired) electrons. The van der Waals surface area contributed by atoms with Crippen molar-refractivity contribution in [2.45, 2.75) is 25.6 Å². The molecule has 4 nitrogen and oxygen atoms in total. The highest BCUT2D eigenvalue weighted by Gasteiger charge is 2.22. The molecule has 0 saturated carbocycles. The third kappa shape index (κ3) is 2.48. The summed E-state index contributed by atoms with van der Waals surface area (Å²) in [4.78, 5) is 0. The lowest BCUT2D eigenvalue weighted by Crippen LogP contribution is -2.19. The third-order valence-corrected chi connectivity index (χ3v) is 2.37. The highest BCUT2D eigenvalue weighted by molar-refractivity contribution is 5.49. The molecule has 16 heavy (non-hydrogen) atoms. The van der Waals surface area contributed by atoms with Crippen LogP contribution in [0.5, 0.6) is 0 Å². The number of nitriles is 1. The Labute approximate surface area is 92.7 Å². The van der Waals surface area contributed by atoms with Crippen LogP contribution < -0.4 is 5.73 Å². The second-order valence-corrected chi connectivity index (χ2v) is 3.60. The highest BCUT2D eigenvalue weighted by atomic mass is 19.1. The normalized spacial score (nSPS) is 14.2. The fourth-order valence-corrected chi connectivity index (χ4v) is 1.36. The number of hydrogen-bond donors (Lipinski definition) is 3. The summed E-state index contributed by atoms with van der Waals surface area (Å²) in [7, 11) is 0. The van der Waals surface area contributed by atoms with E-state index in [9.17, 15) is 14.6 Å². The Kier molecular flexibility index (Phi) is 3.82. The largest absolute Gasteiger partial charge is 0.398 e. The van der Waals surface area contributed by atoms with Crippen LogP contribution >= 0.6 is 0 Å². The van der Waals surface area contributed by atoms with Crippen molar-refractivity contribution >= 4 is 5.69 Å². The van der Waals surface area contributed by atoms with Crippen LogP contribution in [0.15, 0.2) is 12.1 Å². The van der Waals surface area contributed by atoms with Crippen molar-refractivity contribution in [2.75, 3.05) is 5.73 Å². The van der Waals surface area contributed by atoms with Gasteiger partial charge in [-0.2, -0.15) is 5.26 Å². The minimum atomic E-state index is -1.42. The van der Waals surface area contributed by atoms with Gasteiger partial charge in [0.25, 0.3) is 0 Å². The van der Waals surface area contributed by atoms with E-state index in [0.717, 1.165) is 6.07 Å². The first-order chi connectivity index (χ1) is 7.47. The van der Waals surface area contributed by atoms with Crippen LogP contribution in [0, 0.1) is 24.1 Å². The molecule has 0 aliphatic heterocycles. The molecular formula is C11H13FN2O2. The summed E-state index contributed by atoms with van der Waals surface area (Å²) in [5.74, 6) is -0.687. The summed E-state index contributed by atoms with van der Waals surface area (Å²) in [6.45, 7) is 1.67. The third-order valence-electron chi connectivity index (χ3n) is 2.37. The molecule has 4 N–H and O–H groups in total. The fourth-order valence-electron chi connectivity index (χ4n) is 1.36. The molecule has 0 bridgehead atoms. The van der Waals surface area contributed by atoms with Gasteiger partial charge >= 0.3 is 0 Å². The Morgan fingerprint density at radius 1 is 1.50 bits per heavy atom. The lowest BCUT2D eigenvalue weighted by atomic mass is 9.99. The van der Waals surface area contributed by atoms with E-state index in [4.69, 9.17) is 11.0 Å². The van der Waals surface area contributed by atoms with E-state index in [2.05, 4.69) is 0 Å². The molecular weight excluding hydrogens is 211 g/mol. The maximum absolute atomic E-state index is 13.4. The van der Waals surface area contributed by atoms with Crippen LogP contribution in [0.1, 0.15) is 23.7 Å². The number of hydrogen-bond acceptors (Lipinski definition) is 4. The zero-order chi connectivity index (χ0) is 12.3. The molecule has 0 fully saturated rings. The summed E-state index contributed by atoms with van der Waals surface area (Å²) in [5, 5.41) is 27.4. The van der Waals surface area contributed by atoms with Gasteiger partial charge in [-0.05, 0) is 24.6 Å². The zero-order valence-corrected chi connectivity index (χ0v) is 8.81. The van der Waals surface area contributed by atoms with Crippen molar-refractivity contribution in [1.82, 2.24) is 0 Å². The summed E-state index contributed by atoms with van der Waals surface area (Å²) >= 11 is 0. The quantitative estimate of drug-likeness (QED) is 0.669. The Bertz CT molecular complexity index is 429. The maximum atomic E-state index is 13.4. The fraction of sp³-hybridized carbons (Fsp3) is 0.364. The van der Waals surface area contributed by atoms with E-state index in [0.29, 0.717) is 5.56 Å². The van der Waals surface area contributed by atoms with Crippen molar-refractivity contribution in [1.29, 1.82) is 5.26 Å². The van der Waals surface area contributed by atoms with Gasteiger partial charge < -0.3 is 15.9 Å². The molecule has 0 saturated heterocycles. The number of benzene rings is 1. The molecule has 5 heteroatoms. The first kappa shape index (κ1) is 12.4. The Balaban J connectivity index is 3.04. The molecule has 0 heterocycles. The minimum Gasteiger partial charge on any atom is -0.398 e. The SMILES string of the molecule is Cc1cc(C(O)C(O)CC#N)c(F)cc1N. The number of nitrogens with zero attached hydrogens (tertiary/aromatic N) is 1. The Hall–Kier alpha value is -1.64. The van der Waals surface area contributed by atoms with Crippen molar-refractivity contribution < 1.29 is 14.6 Å². The zero-order valence-electron chi connectivity index (χ0n) is 8.81. The van der Waals surface area contributed by atoms with Gasteiger partial charge in [0, 0.05) is 11.3 Å². The first-order valence-corrected chi connectivity index (χ1v) is 4.76. The average molecular weight is 224 g/mol. The smallest absolute Gasteiger partial charge is 0.131 e.